The van der Waals surface area contributed by atoms with Crippen LogP contribution in [0.3, 0.4) is 0 Å². The van der Waals surface area contributed by atoms with Crippen molar-refractivity contribution in [1.82, 2.24) is 14.4 Å². The Bertz CT molecular complexity index is 386. The summed E-state index contributed by atoms with van der Waals surface area (Å²) in [4.78, 5) is 16.6. The molecule has 1 aliphatic heterocycles. The predicted octanol–water partition coefficient (Wildman–Crippen LogP) is 1.46. The number of carbonyl (C=O) groups excluding carboxylic acids is 1. The van der Waals surface area contributed by atoms with Crippen molar-refractivity contribution in [2.45, 2.75) is 19.4 Å². The second-order valence-electron chi connectivity index (χ2n) is 5.51. The lowest BCUT2D eigenvalue weighted by Gasteiger charge is -2.22. The molecule has 1 amide bonds. The van der Waals surface area contributed by atoms with Gasteiger partial charge in [0.2, 0.25) is 5.91 Å². The van der Waals surface area contributed by atoms with Gasteiger partial charge in [0.1, 0.15) is 6.04 Å². The molecule has 4 heteroatoms. The predicted molar refractivity (Wildman–Crippen MR) is 72.4 cm³/mol. The molecule has 100 valence electrons. The molecule has 2 atom stereocenters. The molecule has 1 saturated heterocycles. The van der Waals surface area contributed by atoms with Gasteiger partial charge in [-0.25, -0.2) is 0 Å². The zero-order valence-corrected chi connectivity index (χ0v) is 11.5. The first kappa shape index (κ1) is 13.1. The van der Waals surface area contributed by atoms with Crippen LogP contribution < -0.4 is 0 Å². The van der Waals surface area contributed by atoms with Crippen molar-refractivity contribution in [2.75, 3.05) is 33.7 Å². The Labute approximate surface area is 109 Å². The van der Waals surface area contributed by atoms with Gasteiger partial charge in [0.25, 0.3) is 0 Å². The van der Waals surface area contributed by atoms with Gasteiger partial charge in [-0.2, -0.15) is 0 Å². The van der Waals surface area contributed by atoms with Gasteiger partial charge in [-0.15, -0.1) is 0 Å². The van der Waals surface area contributed by atoms with Gasteiger partial charge >= 0.3 is 0 Å². The van der Waals surface area contributed by atoms with E-state index in [0.29, 0.717) is 5.92 Å². The Morgan fingerprint density at radius 2 is 2.06 bits per heavy atom. The van der Waals surface area contributed by atoms with Crippen LogP contribution in [0.4, 0.5) is 0 Å². The standard InChI is InChI=1S/C14H23N3O/c1-12(16-7-4-5-8-16)14(18)17-9-6-13(11-17)10-15(2)3/h4-5,7-8,12-13H,6,9-11H2,1-3H3/t12-,13-/m1/s1. The average molecular weight is 249 g/mol. The summed E-state index contributed by atoms with van der Waals surface area (Å²) in [6, 6.07) is 3.84. The summed E-state index contributed by atoms with van der Waals surface area (Å²) < 4.78 is 1.97. The molecule has 1 fully saturated rings. The minimum absolute atomic E-state index is 0.0851. The maximum atomic E-state index is 12.4. The summed E-state index contributed by atoms with van der Waals surface area (Å²) in [5, 5.41) is 0. The van der Waals surface area contributed by atoms with E-state index in [4.69, 9.17) is 0 Å². The SMILES string of the molecule is C[C@H](C(=O)N1CC[C@H](CN(C)C)C1)n1cccc1. The van der Waals surface area contributed by atoms with Crippen molar-refractivity contribution in [3.63, 3.8) is 0 Å². The molecule has 4 nitrogen and oxygen atoms in total. The zero-order chi connectivity index (χ0) is 13.1. The highest BCUT2D eigenvalue weighted by Crippen LogP contribution is 2.20. The lowest BCUT2D eigenvalue weighted by Crippen LogP contribution is -2.35. The fourth-order valence-electron chi connectivity index (χ4n) is 2.70. The van der Waals surface area contributed by atoms with Crippen LogP contribution in [0.15, 0.2) is 24.5 Å². The molecular weight excluding hydrogens is 226 g/mol. The molecule has 0 radical (unpaired) electrons. The summed E-state index contributed by atoms with van der Waals surface area (Å²) in [6.07, 6.45) is 5.04. The summed E-state index contributed by atoms with van der Waals surface area (Å²) in [5.41, 5.74) is 0. The van der Waals surface area contributed by atoms with Crippen molar-refractivity contribution in [3.05, 3.63) is 24.5 Å². The molecule has 2 heterocycles. The van der Waals surface area contributed by atoms with E-state index in [2.05, 4.69) is 19.0 Å². The van der Waals surface area contributed by atoms with Crippen molar-refractivity contribution in [1.29, 1.82) is 0 Å². The minimum Gasteiger partial charge on any atom is -0.342 e. The lowest BCUT2D eigenvalue weighted by atomic mass is 10.1. The van der Waals surface area contributed by atoms with Crippen molar-refractivity contribution < 1.29 is 4.79 Å². The highest BCUT2D eigenvalue weighted by Gasteiger charge is 2.29. The van der Waals surface area contributed by atoms with Crippen LogP contribution in [-0.2, 0) is 4.79 Å². The van der Waals surface area contributed by atoms with E-state index in [0.717, 1.165) is 26.1 Å². The Morgan fingerprint density at radius 1 is 1.39 bits per heavy atom. The Hall–Kier alpha value is -1.29. The van der Waals surface area contributed by atoms with Gasteiger partial charge in [-0.3, -0.25) is 4.79 Å². The molecule has 0 saturated carbocycles. The van der Waals surface area contributed by atoms with Crippen molar-refractivity contribution in [3.8, 4) is 0 Å². The highest BCUT2D eigenvalue weighted by atomic mass is 16.2. The van der Waals surface area contributed by atoms with Gasteiger partial charge in [0, 0.05) is 32.0 Å². The van der Waals surface area contributed by atoms with Gasteiger partial charge in [-0.1, -0.05) is 0 Å². The molecule has 0 aromatic carbocycles. The van der Waals surface area contributed by atoms with Crippen molar-refractivity contribution >= 4 is 5.91 Å². The molecular formula is C14H23N3O. The van der Waals surface area contributed by atoms with Crippen molar-refractivity contribution in [2.24, 2.45) is 5.92 Å². The van der Waals surface area contributed by atoms with E-state index >= 15 is 0 Å². The first-order valence-electron chi connectivity index (χ1n) is 6.64. The van der Waals surface area contributed by atoms with E-state index in [1.807, 2.05) is 40.9 Å². The minimum atomic E-state index is -0.0851. The molecule has 0 aliphatic carbocycles. The second-order valence-corrected chi connectivity index (χ2v) is 5.51. The summed E-state index contributed by atoms with van der Waals surface area (Å²) in [7, 11) is 4.18. The number of aromatic nitrogens is 1. The number of amides is 1. The topological polar surface area (TPSA) is 28.5 Å². The van der Waals surface area contributed by atoms with Crippen LogP contribution in [0.25, 0.3) is 0 Å². The van der Waals surface area contributed by atoms with Gasteiger partial charge in [-0.05, 0) is 45.5 Å². The third kappa shape index (κ3) is 2.93. The summed E-state index contributed by atoms with van der Waals surface area (Å²) in [5.74, 6) is 0.869. The average Bonchev–Trinajstić information content (AvgIpc) is 2.96. The Morgan fingerprint density at radius 3 is 2.67 bits per heavy atom. The van der Waals surface area contributed by atoms with Crippen LogP contribution in [0.1, 0.15) is 19.4 Å². The molecule has 0 unspecified atom stereocenters. The highest BCUT2D eigenvalue weighted by molar-refractivity contribution is 5.80. The van der Waals surface area contributed by atoms with Crippen LogP contribution in [0.2, 0.25) is 0 Å². The first-order valence-corrected chi connectivity index (χ1v) is 6.64. The maximum absolute atomic E-state index is 12.4. The summed E-state index contributed by atoms with van der Waals surface area (Å²) >= 11 is 0. The number of hydrogen-bond donors (Lipinski definition) is 0. The fourth-order valence-corrected chi connectivity index (χ4v) is 2.70. The van der Waals surface area contributed by atoms with Gasteiger partial charge < -0.3 is 14.4 Å². The smallest absolute Gasteiger partial charge is 0.245 e. The number of nitrogens with zero attached hydrogens (tertiary/aromatic N) is 3. The van der Waals surface area contributed by atoms with Gasteiger partial charge in [0.05, 0.1) is 0 Å². The molecule has 18 heavy (non-hydrogen) atoms. The fraction of sp³-hybridized carbons (Fsp3) is 0.643. The molecule has 1 aromatic heterocycles. The molecule has 0 bridgehead atoms. The lowest BCUT2D eigenvalue weighted by molar-refractivity contribution is -0.133. The number of carbonyl (C=O) groups is 1. The second kappa shape index (κ2) is 5.57. The summed E-state index contributed by atoms with van der Waals surface area (Å²) in [6.45, 7) is 4.86. The number of likely N-dealkylation sites (tertiary alicyclic amines) is 1. The zero-order valence-electron chi connectivity index (χ0n) is 11.5. The molecule has 2 rings (SSSR count). The number of hydrogen-bond acceptors (Lipinski definition) is 2. The quantitative estimate of drug-likeness (QED) is 0.808. The molecule has 0 N–H and O–H groups in total. The molecule has 0 spiro atoms. The van der Waals surface area contributed by atoms with Gasteiger partial charge in [0.15, 0.2) is 0 Å². The Balaban J connectivity index is 1.91. The van der Waals surface area contributed by atoms with Crippen LogP contribution in [0, 0.1) is 5.92 Å². The molecule has 1 aromatic rings. The third-order valence-electron chi connectivity index (χ3n) is 3.65. The van der Waals surface area contributed by atoms with E-state index in [9.17, 15) is 4.79 Å². The largest absolute Gasteiger partial charge is 0.342 e. The van der Waals surface area contributed by atoms with Crippen LogP contribution in [-0.4, -0.2) is 54.0 Å². The van der Waals surface area contributed by atoms with Crippen LogP contribution in [0.5, 0.6) is 0 Å². The van der Waals surface area contributed by atoms with E-state index in [-0.39, 0.29) is 11.9 Å². The monoisotopic (exact) mass is 249 g/mol. The third-order valence-corrected chi connectivity index (χ3v) is 3.65. The normalized spacial score (nSPS) is 21.6. The molecule has 1 aliphatic rings. The van der Waals surface area contributed by atoms with Crippen LogP contribution >= 0.6 is 0 Å². The Kier molecular flexibility index (Phi) is 4.07. The first-order chi connectivity index (χ1) is 8.58. The van der Waals surface area contributed by atoms with E-state index in [1.165, 1.54) is 0 Å². The number of rotatable bonds is 4. The van der Waals surface area contributed by atoms with E-state index in [1.54, 1.807) is 0 Å². The maximum Gasteiger partial charge on any atom is 0.245 e. The van der Waals surface area contributed by atoms with E-state index < -0.39 is 0 Å².